The molecule has 4 rings (SSSR count). The molecule has 0 aliphatic heterocycles. The van der Waals surface area contributed by atoms with E-state index >= 15 is 0 Å². The van der Waals surface area contributed by atoms with Crippen molar-refractivity contribution >= 4 is 40.6 Å². The summed E-state index contributed by atoms with van der Waals surface area (Å²) in [6.45, 7) is 2.34. The predicted molar refractivity (Wildman–Crippen MR) is 123 cm³/mol. The smallest absolute Gasteiger partial charge is 0.248 e. The van der Waals surface area contributed by atoms with E-state index in [9.17, 15) is 9.59 Å². The lowest BCUT2D eigenvalue weighted by Gasteiger charge is -2.08. The molecule has 2 amide bonds. The van der Waals surface area contributed by atoms with Crippen LogP contribution in [-0.4, -0.2) is 16.8 Å². The number of amides is 2. The molecule has 0 radical (unpaired) electrons. The Bertz CT molecular complexity index is 1100. The van der Waals surface area contributed by atoms with Crippen LogP contribution in [0, 0.1) is 12.8 Å². The summed E-state index contributed by atoms with van der Waals surface area (Å²) in [6, 6.07) is 14.6. The summed E-state index contributed by atoms with van der Waals surface area (Å²) in [4.78, 5) is 28.5. The Kier molecular flexibility index (Phi) is 6.43. The van der Waals surface area contributed by atoms with E-state index in [0.717, 1.165) is 34.8 Å². The van der Waals surface area contributed by atoms with Crippen molar-refractivity contribution in [1.82, 2.24) is 4.98 Å². The highest BCUT2D eigenvalue weighted by molar-refractivity contribution is 7.09. The fourth-order valence-electron chi connectivity index (χ4n) is 2.95. The number of carbonyl (C=O) groups is 2. The number of para-hydroxylation sites is 1. The summed E-state index contributed by atoms with van der Waals surface area (Å²) in [7, 11) is 0. The SMILES string of the molecule is Cc1nc(COc2ccccc2/C=C/C(=O)Nc2ccc(NC(=O)C3CC3)cc2)cs1. The maximum Gasteiger partial charge on any atom is 0.248 e. The third-order valence-electron chi connectivity index (χ3n) is 4.74. The summed E-state index contributed by atoms with van der Waals surface area (Å²) in [6.07, 6.45) is 5.12. The molecule has 158 valence electrons. The van der Waals surface area contributed by atoms with Gasteiger partial charge in [0.25, 0.3) is 0 Å². The van der Waals surface area contributed by atoms with Crippen molar-refractivity contribution in [3.05, 3.63) is 76.3 Å². The Morgan fingerprint density at radius 1 is 1.10 bits per heavy atom. The summed E-state index contributed by atoms with van der Waals surface area (Å²) in [5.74, 6) is 0.653. The highest BCUT2D eigenvalue weighted by Crippen LogP contribution is 2.30. The number of hydrogen-bond acceptors (Lipinski definition) is 5. The first-order chi connectivity index (χ1) is 15.1. The number of aryl methyl sites for hydroxylation is 1. The standard InChI is InChI=1S/C24H23N3O3S/c1-16-25-21(15-31-16)14-30-22-5-3-2-4-17(22)8-13-23(28)26-19-9-11-20(12-10-19)27-24(29)18-6-7-18/h2-5,8-13,15,18H,6-7,14H2,1H3,(H,26,28)(H,27,29)/b13-8+. The number of nitrogens with one attached hydrogen (secondary N) is 2. The van der Waals surface area contributed by atoms with Crippen LogP contribution in [-0.2, 0) is 16.2 Å². The number of nitrogens with zero attached hydrogens (tertiary/aromatic N) is 1. The third-order valence-corrected chi connectivity index (χ3v) is 5.57. The van der Waals surface area contributed by atoms with Crippen LogP contribution in [0.3, 0.4) is 0 Å². The van der Waals surface area contributed by atoms with Gasteiger partial charge in [-0.05, 0) is 56.2 Å². The molecule has 1 fully saturated rings. The minimum Gasteiger partial charge on any atom is -0.487 e. The van der Waals surface area contributed by atoms with Crippen molar-refractivity contribution < 1.29 is 14.3 Å². The monoisotopic (exact) mass is 433 g/mol. The van der Waals surface area contributed by atoms with Crippen LogP contribution in [0.15, 0.2) is 60.0 Å². The molecule has 1 aliphatic carbocycles. The van der Waals surface area contributed by atoms with E-state index in [-0.39, 0.29) is 17.7 Å². The van der Waals surface area contributed by atoms with E-state index in [4.69, 9.17) is 4.74 Å². The van der Waals surface area contributed by atoms with Crippen LogP contribution >= 0.6 is 11.3 Å². The molecule has 0 atom stereocenters. The molecule has 0 saturated heterocycles. The van der Waals surface area contributed by atoms with Crippen LogP contribution in [0.2, 0.25) is 0 Å². The predicted octanol–water partition coefficient (Wildman–Crippen LogP) is 5.03. The number of hydrogen-bond donors (Lipinski definition) is 2. The van der Waals surface area contributed by atoms with Crippen molar-refractivity contribution in [2.75, 3.05) is 10.6 Å². The molecular weight excluding hydrogens is 410 g/mol. The van der Waals surface area contributed by atoms with Crippen molar-refractivity contribution in [3.8, 4) is 5.75 Å². The van der Waals surface area contributed by atoms with Crippen LogP contribution in [0.4, 0.5) is 11.4 Å². The largest absolute Gasteiger partial charge is 0.487 e. The van der Waals surface area contributed by atoms with Gasteiger partial charge in [-0.2, -0.15) is 0 Å². The van der Waals surface area contributed by atoms with Crippen molar-refractivity contribution in [2.45, 2.75) is 26.4 Å². The summed E-state index contributed by atoms with van der Waals surface area (Å²) < 4.78 is 5.88. The van der Waals surface area contributed by atoms with Gasteiger partial charge >= 0.3 is 0 Å². The Labute approximate surface area is 185 Å². The zero-order chi connectivity index (χ0) is 21.6. The van der Waals surface area contributed by atoms with Gasteiger partial charge in [0.1, 0.15) is 12.4 Å². The molecule has 6 nitrogen and oxygen atoms in total. The van der Waals surface area contributed by atoms with Crippen LogP contribution in [0.25, 0.3) is 6.08 Å². The zero-order valence-corrected chi connectivity index (χ0v) is 17.9. The fraction of sp³-hybridized carbons (Fsp3) is 0.208. The number of ether oxygens (including phenoxy) is 1. The third kappa shape index (κ3) is 6.02. The van der Waals surface area contributed by atoms with Gasteiger partial charge in [-0.25, -0.2) is 4.98 Å². The molecule has 0 unspecified atom stereocenters. The Morgan fingerprint density at radius 3 is 2.48 bits per heavy atom. The van der Waals surface area contributed by atoms with E-state index < -0.39 is 0 Å². The molecule has 1 aromatic heterocycles. The first-order valence-corrected chi connectivity index (χ1v) is 11.0. The van der Waals surface area contributed by atoms with E-state index in [0.29, 0.717) is 18.0 Å². The van der Waals surface area contributed by atoms with Crippen LogP contribution < -0.4 is 15.4 Å². The van der Waals surface area contributed by atoms with Crippen LogP contribution in [0.1, 0.15) is 29.1 Å². The average molecular weight is 434 g/mol. The lowest BCUT2D eigenvalue weighted by Crippen LogP contribution is -2.13. The fourth-order valence-corrected chi connectivity index (χ4v) is 3.55. The van der Waals surface area contributed by atoms with Gasteiger partial charge in [0.15, 0.2) is 0 Å². The molecule has 2 N–H and O–H groups in total. The molecular formula is C24H23N3O3S. The van der Waals surface area contributed by atoms with E-state index in [1.165, 1.54) is 6.08 Å². The van der Waals surface area contributed by atoms with Gasteiger partial charge in [-0.1, -0.05) is 18.2 Å². The molecule has 31 heavy (non-hydrogen) atoms. The van der Waals surface area contributed by atoms with Crippen molar-refractivity contribution in [2.24, 2.45) is 5.92 Å². The molecule has 1 heterocycles. The second-order valence-electron chi connectivity index (χ2n) is 7.35. The van der Waals surface area contributed by atoms with Crippen molar-refractivity contribution in [3.63, 3.8) is 0 Å². The van der Waals surface area contributed by atoms with Gasteiger partial charge in [-0.3, -0.25) is 9.59 Å². The highest BCUT2D eigenvalue weighted by atomic mass is 32.1. The van der Waals surface area contributed by atoms with E-state index in [2.05, 4.69) is 15.6 Å². The second kappa shape index (κ2) is 9.57. The Morgan fingerprint density at radius 2 is 1.81 bits per heavy atom. The molecule has 3 aromatic rings. The maximum atomic E-state index is 12.3. The average Bonchev–Trinajstić information content (AvgIpc) is 3.54. The Balaban J connectivity index is 1.33. The van der Waals surface area contributed by atoms with E-state index in [1.807, 2.05) is 36.6 Å². The number of benzene rings is 2. The molecule has 7 heteroatoms. The second-order valence-corrected chi connectivity index (χ2v) is 8.41. The number of thiazole rings is 1. The summed E-state index contributed by atoms with van der Waals surface area (Å²) in [5, 5.41) is 8.68. The van der Waals surface area contributed by atoms with Gasteiger partial charge in [0, 0.05) is 34.3 Å². The number of rotatable bonds is 8. The van der Waals surface area contributed by atoms with E-state index in [1.54, 1.807) is 41.7 Å². The lowest BCUT2D eigenvalue weighted by molar-refractivity contribution is -0.117. The first-order valence-electron chi connectivity index (χ1n) is 10.1. The van der Waals surface area contributed by atoms with Gasteiger partial charge in [0.2, 0.25) is 11.8 Å². The molecule has 1 aliphatic rings. The highest BCUT2D eigenvalue weighted by Gasteiger charge is 2.29. The maximum absolute atomic E-state index is 12.3. The number of anilines is 2. The number of carbonyl (C=O) groups excluding carboxylic acids is 2. The van der Waals surface area contributed by atoms with Crippen molar-refractivity contribution in [1.29, 1.82) is 0 Å². The number of aromatic nitrogens is 1. The quantitative estimate of drug-likeness (QED) is 0.488. The topological polar surface area (TPSA) is 80.3 Å². The van der Waals surface area contributed by atoms with Gasteiger partial charge < -0.3 is 15.4 Å². The minimum absolute atomic E-state index is 0.0607. The molecule has 0 spiro atoms. The van der Waals surface area contributed by atoms with Crippen LogP contribution in [0.5, 0.6) is 5.75 Å². The minimum atomic E-state index is -0.250. The van der Waals surface area contributed by atoms with Gasteiger partial charge in [0.05, 0.1) is 10.7 Å². The normalized spacial score (nSPS) is 13.2. The zero-order valence-electron chi connectivity index (χ0n) is 17.1. The Hall–Kier alpha value is -3.45. The molecule has 1 saturated carbocycles. The molecule has 2 aromatic carbocycles. The molecule has 0 bridgehead atoms. The summed E-state index contributed by atoms with van der Waals surface area (Å²) >= 11 is 1.59. The summed E-state index contributed by atoms with van der Waals surface area (Å²) in [5.41, 5.74) is 3.08. The lowest BCUT2D eigenvalue weighted by atomic mass is 10.2. The van der Waals surface area contributed by atoms with Gasteiger partial charge in [-0.15, -0.1) is 11.3 Å². The first kappa shape index (κ1) is 20.8.